The Hall–Kier alpha value is -2.20. The Bertz CT molecular complexity index is 656. The molecule has 1 heterocycles. The number of hydrogen-bond acceptors (Lipinski definition) is 6. The summed E-state index contributed by atoms with van der Waals surface area (Å²) in [7, 11) is 0. The van der Waals surface area contributed by atoms with Gasteiger partial charge in [0.1, 0.15) is 18.1 Å². The number of aliphatic hydroxyl groups excluding tert-OH is 1. The van der Waals surface area contributed by atoms with Crippen LogP contribution < -0.4 is 16.4 Å². The van der Waals surface area contributed by atoms with Gasteiger partial charge in [-0.05, 0) is 31.6 Å². The molecule has 1 aliphatic heterocycles. The lowest BCUT2D eigenvalue weighted by Crippen LogP contribution is -2.61. The van der Waals surface area contributed by atoms with Crippen LogP contribution in [0, 0.1) is 11.8 Å². The van der Waals surface area contributed by atoms with E-state index in [9.17, 15) is 29.4 Å². The lowest BCUT2D eigenvalue weighted by molar-refractivity contribution is -0.150. The maximum absolute atomic E-state index is 13.1. The van der Waals surface area contributed by atoms with Crippen LogP contribution in [0.4, 0.5) is 0 Å². The maximum Gasteiger partial charge on any atom is 0.326 e. The number of likely N-dealkylation sites (tertiary alicyclic amines) is 1. The van der Waals surface area contributed by atoms with Crippen LogP contribution in [-0.2, 0) is 19.2 Å². The molecule has 1 saturated heterocycles. The van der Waals surface area contributed by atoms with Crippen molar-refractivity contribution < 1.29 is 29.4 Å². The van der Waals surface area contributed by atoms with Crippen molar-refractivity contribution in [2.24, 2.45) is 17.6 Å². The molecule has 0 aromatic rings. The summed E-state index contributed by atoms with van der Waals surface area (Å²) in [6.07, 6.45) is 0.948. The van der Waals surface area contributed by atoms with E-state index in [4.69, 9.17) is 5.73 Å². The van der Waals surface area contributed by atoms with E-state index in [-0.39, 0.29) is 11.8 Å². The molecule has 10 nitrogen and oxygen atoms in total. The van der Waals surface area contributed by atoms with Crippen molar-refractivity contribution in [1.29, 1.82) is 0 Å². The minimum atomic E-state index is -1.30. The Morgan fingerprint density at radius 2 is 1.55 bits per heavy atom. The highest BCUT2D eigenvalue weighted by molar-refractivity contribution is 5.94. The average molecular weight is 443 g/mol. The Balaban J connectivity index is 3.01. The number of aliphatic carboxylic acids is 1. The molecule has 1 aliphatic rings. The van der Waals surface area contributed by atoms with Crippen LogP contribution in [0.5, 0.6) is 0 Å². The zero-order valence-corrected chi connectivity index (χ0v) is 19.1. The Kier molecular flexibility index (Phi) is 10.4. The number of rotatable bonds is 11. The van der Waals surface area contributed by atoms with Crippen LogP contribution in [0.3, 0.4) is 0 Å². The van der Waals surface area contributed by atoms with Gasteiger partial charge in [0.25, 0.3) is 0 Å². The second kappa shape index (κ2) is 12.0. The number of carbonyl (C=O) groups is 4. The van der Waals surface area contributed by atoms with E-state index in [1.807, 2.05) is 20.8 Å². The molecule has 0 spiro atoms. The van der Waals surface area contributed by atoms with Crippen LogP contribution in [0.2, 0.25) is 0 Å². The largest absolute Gasteiger partial charge is 0.480 e. The molecule has 31 heavy (non-hydrogen) atoms. The molecule has 1 rings (SSSR count). The first-order valence-electron chi connectivity index (χ1n) is 11.0. The number of hydrogen-bond donors (Lipinski definition) is 5. The Morgan fingerprint density at radius 1 is 1.00 bits per heavy atom. The third-order valence-corrected chi connectivity index (χ3v) is 6.22. The number of amides is 3. The molecule has 7 atom stereocenters. The number of nitrogens with one attached hydrogen (secondary N) is 2. The highest BCUT2D eigenvalue weighted by atomic mass is 16.4. The van der Waals surface area contributed by atoms with Crippen molar-refractivity contribution in [1.82, 2.24) is 15.5 Å². The zero-order valence-electron chi connectivity index (χ0n) is 19.1. The van der Waals surface area contributed by atoms with E-state index in [0.717, 1.165) is 0 Å². The molecule has 0 saturated carbocycles. The van der Waals surface area contributed by atoms with E-state index < -0.39 is 54.0 Å². The van der Waals surface area contributed by atoms with Crippen molar-refractivity contribution in [3.8, 4) is 0 Å². The standard InChI is InChI=1S/C21H38N4O6/c1-6-11(3)15(22)18(27)24-17(13(5)26)19(28)23-16(12(4)7-2)20(29)25-10-8-9-14(25)21(30)31/h11-17,26H,6-10,22H2,1-5H3,(H,23,28)(H,24,27)(H,30,31). The molecule has 0 bridgehead atoms. The molecule has 1 fully saturated rings. The van der Waals surface area contributed by atoms with Gasteiger partial charge in [-0.1, -0.05) is 40.5 Å². The van der Waals surface area contributed by atoms with Gasteiger partial charge < -0.3 is 31.5 Å². The average Bonchev–Trinajstić information content (AvgIpc) is 3.23. The van der Waals surface area contributed by atoms with Gasteiger partial charge in [-0.2, -0.15) is 0 Å². The van der Waals surface area contributed by atoms with Gasteiger partial charge in [0.05, 0.1) is 12.1 Å². The molecular formula is C21H38N4O6. The highest BCUT2D eigenvalue weighted by Crippen LogP contribution is 2.21. The van der Waals surface area contributed by atoms with Gasteiger partial charge in [-0.3, -0.25) is 14.4 Å². The summed E-state index contributed by atoms with van der Waals surface area (Å²) >= 11 is 0. The topological polar surface area (TPSA) is 162 Å². The molecule has 0 radical (unpaired) electrons. The minimum absolute atomic E-state index is 0.115. The number of carboxylic acids is 1. The van der Waals surface area contributed by atoms with E-state index in [2.05, 4.69) is 10.6 Å². The fraction of sp³-hybridized carbons (Fsp3) is 0.810. The summed E-state index contributed by atoms with van der Waals surface area (Å²) in [5.41, 5.74) is 5.92. The van der Waals surface area contributed by atoms with Crippen molar-refractivity contribution in [3.05, 3.63) is 0 Å². The third-order valence-electron chi connectivity index (χ3n) is 6.22. The lowest BCUT2D eigenvalue weighted by atomic mass is 9.96. The summed E-state index contributed by atoms with van der Waals surface area (Å²) in [5, 5.41) is 24.6. The van der Waals surface area contributed by atoms with E-state index in [1.54, 1.807) is 6.92 Å². The maximum atomic E-state index is 13.1. The summed E-state index contributed by atoms with van der Waals surface area (Å²) in [6.45, 7) is 9.01. The molecule has 6 N–H and O–H groups in total. The summed E-state index contributed by atoms with van der Waals surface area (Å²) in [6, 6.07) is -4.03. The molecule has 10 heteroatoms. The van der Waals surface area contributed by atoms with E-state index in [1.165, 1.54) is 11.8 Å². The number of nitrogens with zero attached hydrogens (tertiary/aromatic N) is 1. The van der Waals surface area contributed by atoms with Crippen LogP contribution in [0.15, 0.2) is 0 Å². The molecule has 3 amide bonds. The second-order valence-electron chi connectivity index (χ2n) is 8.54. The number of aliphatic hydroxyl groups is 1. The second-order valence-corrected chi connectivity index (χ2v) is 8.54. The van der Waals surface area contributed by atoms with Crippen molar-refractivity contribution in [2.45, 2.75) is 90.6 Å². The van der Waals surface area contributed by atoms with E-state index in [0.29, 0.717) is 32.2 Å². The first-order valence-corrected chi connectivity index (χ1v) is 11.0. The SMILES string of the molecule is CCC(C)C(N)C(=O)NC(C(=O)NC(C(=O)N1CCCC1C(=O)O)C(C)CC)C(C)O. The monoisotopic (exact) mass is 442 g/mol. The van der Waals surface area contributed by atoms with Crippen molar-refractivity contribution in [2.75, 3.05) is 6.54 Å². The smallest absolute Gasteiger partial charge is 0.326 e. The zero-order chi connectivity index (χ0) is 23.9. The number of carbonyl (C=O) groups excluding carboxylic acids is 3. The van der Waals surface area contributed by atoms with Crippen LogP contribution in [-0.4, -0.2) is 75.6 Å². The number of nitrogens with two attached hydrogens (primary N) is 1. The fourth-order valence-electron chi connectivity index (χ4n) is 3.56. The molecule has 0 aromatic heterocycles. The molecule has 178 valence electrons. The van der Waals surface area contributed by atoms with Gasteiger partial charge in [-0.15, -0.1) is 0 Å². The van der Waals surface area contributed by atoms with Crippen LogP contribution in [0.25, 0.3) is 0 Å². The summed E-state index contributed by atoms with van der Waals surface area (Å²) in [4.78, 5) is 51.3. The van der Waals surface area contributed by atoms with E-state index >= 15 is 0 Å². The summed E-state index contributed by atoms with van der Waals surface area (Å²) < 4.78 is 0. The first kappa shape index (κ1) is 26.8. The molecular weight excluding hydrogens is 404 g/mol. The molecule has 7 unspecified atom stereocenters. The van der Waals surface area contributed by atoms with Gasteiger partial charge in [0.15, 0.2) is 0 Å². The first-order chi connectivity index (χ1) is 14.5. The Labute approximate surface area is 183 Å². The lowest BCUT2D eigenvalue weighted by Gasteiger charge is -2.32. The van der Waals surface area contributed by atoms with Gasteiger partial charge in [0, 0.05) is 6.54 Å². The van der Waals surface area contributed by atoms with Crippen molar-refractivity contribution >= 4 is 23.7 Å². The third kappa shape index (κ3) is 6.90. The van der Waals surface area contributed by atoms with Crippen LogP contribution in [0.1, 0.15) is 60.3 Å². The van der Waals surface area contributed by atoms with Gasteiger partial charge in [0.2, 0.25) is 17.7 Å². The van der Waals surface area contributed by atoms with Crippen molar-refractivity contribution in [3.63, 3.8) is 0 Å². The quantitative estimate of drug-likeness (QED) is 0.297. The normalized spacial score (nSPS) is 22.0. The predicted octanol–water partition coefficient (Wildman–Crippen LogP) is -0.168. The summed E-state index contributed by atoms with van der Waals surface area (Å²) in [5.74, 6) is -3.22. The van der Waals surface area contributed by atoms with Crippen LogP contribution >= 0.6 is 0 Å². The van der Waals surface area contributed by atoms with Gasteiger partial charge >= 0.3 is 5.97 Å². The highest BCUT2D eigenvalue weighted by Gasteiger charge is 2.40. The Morgan fingerprint density at radius 3 is 2.03 bits per heavy atom. The minimum Gasteiger partial charge on any atom is -0.480 e. The molecule has 0 aromatic carbocycles. The number of carboxylic acid groups (broad SMARTS) is 1. The predicted molar refractivity (Wildman–Crippen MR) is 115 cm³/mol. The van der Waals surface area contributed by atoms with Gasteiger partial charge in [-0.25, -0.2) is 4.79 Å². The fourth-order valence-corrected chi connectivity index (χ4v) is 3.56. The molecule has 0 aliphatic carbocycles.